The smallest absolute Gasteiger partial charge is 0.251 e. The van der Waals surface area contributed by atoms with Crippen LogP contribution in [0.4, 0.5) is 5.82 Å². The van der Waals surface area contributed by atoms with Gasteiger partial charge in [-0.1, -0.05) is 6.92 Å². The fourth-order valence-corrected chi connectivity index (χ4v) is 1.32. The van der Waals surface area contributed by atoms with Crippen LogP contribution < -0.4 is 21.9 Å². The van der Waals surface area contributed by atoms with Crippen molar-refractivity contribution in [2.75, 3.05) is 19.0 Å². The molecule has 1 rings (SSSR count). The molecule has 0 aliphatic heterocycles. The molecule has 7 nitrogen and oxygen atoms in total. The van der Waals surface area contributed by atoms with Gasteiger partial charge in [0.1, 0.15) is 5.82 Å². The Kier molecular flexibility index (Phi) is 5.06. The molecule has 1 heterocycles. The van der Waals surface area contributed by atoms with Crippen molar-refractivity contribution in [3.8, 4) is 0 Å². The van der Waals surface area contributed by atoms with Gasteiger partial charge in [0, 0.05) is 18.3 Å². The Morgan fingerprint density at radius 2 is 2.11 bits per heavy atom. The van der Waals surface area contributed by atoms with Gasteiger partial charge in [0.15, 0.2) is 0 Å². The molecule has 0 aliphatic rings. The highest BCUT2D eigenvalue weighted by Crippen LogP contribution is 2.10. The van der Waals surface area contributed by atoms with E-state index in [0.717, 1.165) is 5.69 Å². The number of rotatable bonds is 5. The summed E-state index contributed by atoms with van der Waals surface area (Å²) in [7, 11) is 1.51. The van der Waals surface area contributed by atoms with Crippen LogP contribution in [0.2, 0.25) is 0 Å². The molecule has 0 atom stereocenters. The third kappa shape index (κ3) is 3.70. The van der Waals surface area contributed by atoms with Crippen LogP contribution in [0, 0.1) is 0 Å². The molecule has 0 aromatic carbocycles. The summed E-state index contributed by atoms with van der Waals surface area (Å²) in [6.45, 7) is 1.86. The molecule has 98 valence electrons. The molecule has 0 saturated carbocycles. The van der Waals surface area contributed by atoms with Crippen molar-refractivity contribution >= 4 is 17.6 Å². The monoisotopic (exact) mass is 251 g/mol. The number of nitrogens with two attached hydrogens (primary N) is 1. The van der Waals surface area contributed by atoms with Gasteiger partial charge in [-0.05, 0) is 18.6 Å². The van der Waals surface area contributed by atoms with E-state index in [1.165, 1.54) is 13.1 Å². The Morgan fingerprint density at radius 3 is 2.67 bits per heavy atom. The molecule has 0 fully saturated rings. The topological polar surface area (TPSA) is 109 Å². The molecule has 0 saturated heterocycles. The largest absolute Gasteiger partial charge is 0.358 e. The Balaban J connectivity index is 2.81. The van der Waals surface area contributed by atoms with Crippen molar-refractivity contribution in [2.45, 2.75) is 13.3 Å². The predicted octanol–water partition coefficient (Wildman–Crippen LogP) is -0.595. The molecule has 0 unspecified atom stereocenters. The predicted molar refractivity (Wildman–Crippen MR) is 67.8 cm³/mol. The van der Waals surface area contributed by atoms with Gasteiger partial charge in [0.2, 0.25) is 5.91 Å². The number of anilines is 1. The normalized spacial score (nSPS) is 9.72. The Bertz CT molecular complexity index is 425. The van der Waals surface area contributed by atoms with Crippen LogP contribution in [-0.2, 0) is 11.2 Å². The summed E-state index contributed by atoms with van der Waals surface area (Å²) in [6.07, 6.45) is 0.686. The van der Waals surface area contributed by atoms with Crippen molar-refractivity contribution in [3.05, 3.63) is 23.4 Å². The van der Waals surface area contributed by atoms with Crippen LogP contribution in [-0.4, -0.2) is 30.4 Å². The summed E-state index contributed by atoms with van der Waals surface area (Å²) >= 11 is 0. The van der Waals surface area contributed by atoms with E-state index in [-0.39, 0.29) is 18.4 Å². The Labute approximate surface area is 105 Å². The van der Waals surface area contributed by atoms with Gasteiger partial charge in [0.25, 0.3) is 5.91 Å². The van der Waals surface area contributed by atoms with E-state index in [4.69, 9.17) is 5.84 Å². The number of hydrogen-bond acceptors (Lipinski definition) is 5. The molecule has 5 N–H and O–H groups in total. The minimum absolute atomic E-state index is 0.0650. The van der Waals surface area contributed by atoms with Gasteiger partial charge in [-0.3, -0.25) is 9.59 Å². The minimum atomic E-state index is -0.341. The molecule has 1 aromatic rings. The summed E-state index contributed by atoms with van der Waals surface area (Å²) in [4.78, 5) is 27.0. The minimum Gasteiger partial charge on any atom is -0.358 e. The van der Waals surface area contributed by atoms with E-state index in [9.17, 15) is 9.59 Å². The van der Waals surface area contributed by atoms with E-state index in [1.807, 2.05) is 6.92 Å². The number of nitrogens with one attached hydrogen (secondary N) is 3. The molecule has 1 aromatic heterocycles. The lowest BCUT2D eigenvalue weighted by molar-refractivity contribution is -0.119. The van der Waals surface area contributed by atoms with Gasteiger partial charge in [-0.15, -0.1) is 0 Å². The summed E-state index contributed by atoms with van der Waals surface area (Å²) in [5.41, 5.74) is 3.56. The number of carbonyl (C=O) groups excluding carboxylic acids is 2. The van der Waals surface area contributed by atoms with Crippen molar-refractivity contribution in [1.82, 2.24) is 15.6 Å². The number of hydrazine groups is 1. The van der Waals surface area contributed by atoms with Gasteiger partial charge < -0.3 is 16.1 Å². The first-order valence-electron chi connectivity index (χ1n) is 5.57. The molecule has 18 heavy (non-hydrogen) atoms. The van der Waals surface area contributed by atoms with Crippen LogP contribution in [0.15, 0.2) is 12.1 Å². The number of hydrogen-bond donors (Lipinski definition) is 4. The number of carbonyl (C=O) groups is 2. The first kappa shape index (κ1) is 13.9. The lowest BCUT2D eigenvalue weighted by Crippen LogP contribution is -2.35. The molecule has 0 radical (unpaired) electrons. The highest BCUT2D eigenvalue weighted by Gasteiger charge is 2.10. The maximum atomic E-state index is 11.8. The second kappa shape index (κ2) is 6.55. The molecule has 2 amide bonds. The van der Waals surface area contributed by atoms with Crippen molar-refractivity contribution in [1.29, 1.82) is 0 Å². The van der Waals surface area contributed by atoms with E-state index in [2.05, 4.69) is 21.0 Å². The molecule has 0 aliphatic carbocycles. The third-order valence-electron chi connectivity index (χ3n) is 2.34. The molecular weight excluding hydrogens is 234 g/mol. The average Bonchev–Trinajstić information content (AvgIpc) is 2.43. The standard InChI is InChI=1S/C11H17N5O2/c1-3-8-4-7(5-9(15-8)16-12)11(18)14-6-10(17)13-2/h4-5H,3,6,12H2,1-2H3,(H,13,17)(H,14,18)(H,15,16). The number of aromatic nitrogens is 1. The molecule has 7 heteroatoms. The number of aryl methyl sites for hydroxylation is 1. The van der Waals surface area contributed by atoms with Gasteiger partial charge in [-0.25, -0.2) is 10.8 Å². The van der Waals surface area contributed by atoms with E-state index < -0.39 is 0 Å². The first-order valence-corrected chi connectivity index (χ1v) is 5.57. The number of nitrogens with zero attached hydrogens (tertiary/aromatic N) is 1. The lowest BCUT2D eigenvalue weighted by Gasteiger charge is -2.08. The highest BCUT2D eigenvalue weighted by atomic mass is 16.2. The number of nitrogen functional groups attached to an aromatic ring is 1. The zero-order valence-electron chi connectivity index (χ0n) is 10.4. The number of amides is 2. The molecular formula is C11H17N5O2. The van der Waals surface area contributed by atoms with Crippen LogP contribution in [0.25, 0.3) is 0 Å². The fraction of sp³-hybridized carbons (Fsp3) is 0.364. The zero-order valence-corrected chi connectivity index (χ0v) is 10.4. The summed E-state index contributed by atoms with van der Waals surface area (Å²) in [5.74, 6) is 5.09. The van der Waals surface area contributed by atoms with E-state index in [0.29, 0.717) is 17.8 Å². The third-order valence-corrected chi connectivity index (χ3v) is 2.34. The first-order chi connectivity index (χ1) is 8.60. The number of likely N-dealkylation sites (N-methyl/N-ethyl adjacent to an activating group) is 1. The van der Waals surface area contributed by atoms with Crippen LogP contribution >= 0.6 is 0 Å². The maximum Gasteiger partial charge on any atom is 0.251 e. The Morgan fingerprint density at radius 1 is 1.39 bits per heavy atom. The van der Waals surface area contributed by atoms with Crippen molar-refractivity contribution < 1.29 is 9.59 Å². The van der Waals surface area contributed by atoms with Gasteiger partial charge in [0.05, 0.1) is 6.54 Å². The summed E-state index contributed by atoms with van der Waals surface area (Å²) in [5, 5.41) is 4.92. The van der Waals surface area contributed by atoms with Crippen molar-refractivity contribution in [3.63, 3.8) is 0 Å². The average molecular weight is 251 g/mol. The number of pyridine rings is 1. The fourth-order valence-electron chi connectivity index (χ4n) is 1.32. The zero-order chi connectivity index (χ0) is 13.5. The van der Waals surface area contributed by atoms with Crippen molar-refractivity contribution in [2.24, 2.45) is 5.84 Å². The van der Waals surface area contributed by atoms with Gasteiger partial charge in [-0.2, -0.15) is 0 Å². The summed E-state index contributed by atoms with van der Waals surface area (Å²) in [6, 6.07) is 3.19. The SMILES string of the molecule is CCc1cc(C(=O)NCC(=O)NC)cc(NN)n1. The van der Waals surface area contributed by atoms with E-state index >= 15 is 0 Å². The second-order valence-electron chi connectivity index (χ2n) is 3.59. The molecule has 0 spiro atoms. The quantitative estimate of drug-likeness (QED) is 0.413. The maximum absolute atomic E-state index is 11.8. The van der Waals surface area contributed by atoms with Crippen LogP contribution in [0.3, 0.4) is 0 Å². The lowest BCUT2D eigenvalue weighted by atomic mass is 10.2. The Hall–Kier alpha value is -2.15. The summed E-state index contributed by atoms with van der Waals surface area (Å²) < 4.78 is 0. The molecule has 0 bridgehead atoms. The van der Waals surface area contributed by atoms with Crippen LogP contribution in [0.5, 0.6) is 0 Å². The second-order valence-corrected chi connectivity index (χ2v) is 3.59. The van der Waals surface area contributed by atoms with Crippen LogP contribution in [0.1, 0.15) is 23.0 Å². The highest BCUT2D eigenvalue weighted by molar-refractivity contribution is 5.97. The van der Waals surface area contributed by atoms with E-state index in [1.54, 1.807) is 6.07 Å². The van der Waals surface area contributed by atoms with Gasteiger partial charge >= 0.3 is 0 Å².